The molecule has 3 aromatic rings. The summed E-state index contributed by atoms with van der Waals surface area (Å²) in [6, 6.07) is 8.05. The minimum Gasteiger partial charge on any atom is -0.353 e. The summed E-state index contributed by atoms with van der Waals surface area (Å²) in [5.41, 5.74) is 2.54. The number of rotatable bonds is 5. The van der Waals surface area contributed by atoms with Gasteiger partial charge in [-0.3, -0.25) is 9.20 Å². The molecular weight excluding hydrogens is 310 g/mol. The summed E-state index contributed by atoms with van der Waals surface area (Å²) in [4.78, 5) is 16.6. The van der Waals surface area contributed by atoms with Gasteiger partial charge >= 0.3 is 0 Å². The van der Waals surface area contributed by atoms with E-state index in [1.807, 2.05) is 49.4 Å². The Kier molecular flexibility index (Phi) is 4.47. The lowest BCUT2D eigenvalue weighted by molar-refractivity contribution is -0.119. The molecule has 0 saturated heterocycles. The molecule has 120 valence electrons. The van der Waals surface area contributed by atoms with Crippen LogP contribution in [0.25, 0.3) is 16.7 Å². The fraction of sp³-hybridized carbons (Fsp3) is 0.375. The average Bonchev–Trinajstić information content (AvgIpc) is 2.95. The van der Waals surface area contributed by atoms with E-state index in [4.69, 9.17) is 0 Å². The van der Waals surface area contributed by atoms with Crippen molar-refractivity contribution in [1.82, 2.24) is 24.9 Å². The number of amides is 1. The van der Waals surface area contributed by atoms with Crippen molar-refractivity contribution in [3.63, 3.8) is 0 Å². The SMILES string of the molecule is CC[C@@H](C)NC(=O)CSc1nc2ccccc2n2c(C)nnc12. The third kappa shape index (κ3) is 3.14. The Morgan fingerprint density at radius 1 is 1.35 bits per heavy atom. The van der Waals surface area contributed by atoms with Gasteiger partial charge in [0.05, 0.1) is 16.8 Å². The maximum Gasteiger partial charge on any atom is 0.230 e. The summed E-state index contributed by atoms with van der Waals surface area (Å²) in [6.07, 6.45) is 0.915. The lowest BCUT2D eigenvalue weighted by Crippen LogP contribution is -2.33. The molecule has 0 aliphatic rings. The van der Waals surface area contributed by atoms with Crippen molar-refractivity contribution in [1.29, 1.82) is 0 Å². The largest absolute Gasteiger partial charge is 0.353 e. The summed E-state index contributed by atoms with van der Waals surface area (Å²) < 4.78 is 1.98. The Morgan fingerprint density at radius 2 is 2.13 bits per heavy atom. The van der Waals surface area contributed by atoms with Crippen LogP contribution in [0.1, 0.15) is 26.1 Å². The molecule has 3 rings (SSSR count). The molecular formula is C16H19N5OS. The van der Waals surface area contributed by atoms with Crippen molar-refractivity contribution >= 4 is 34.3 Å². The van der Waals surface area contributed by atoms with E-state index >= 15 is 0 Å². The third-order valence-electron chi connectivity index (χ3n) is 3.72. The number of para-hydroxylation sites is 2. The summed E-state index contributed by atoms with van der Waals surface area (Å²) in [6.45, 7) is 5.96. The predicted octanol–water partition coefficient (Wildman–Crippen LogP) is 2.59. The van der Waals surface area contributed by atoms with E-state index in [1.54, 1.807) is 0 Å². The number of thioether (sulfide) groups is 1. The van der Waals surface area contributed by atoms with E-state index in [9.17, 15) is 4.79 Å². The standard InChI is InChI=1S/C16H19N5OS/c1-4-10(2)17-14(22)9-23-16-15-20-19-11(3)21(15)13-8-6-5-7-12(13)18-16/h5-8,10H,4,9H2,1-3H3,(H,17,22)/t10-/m1/s1. The van der Waals surface area contributed by atoms with E-state index in [0.29, 0.717) is 11.4 Å². The topological polar surface area (TPSA) is 72.2 Å². The molecule has 0 aliphatic carbocycles. The lowest BCUT2D eigenvalue weighted by atomic mass is 10.3. The Hall–Kier alpha value is -2.15. The molecule has 1 amide bonds. The number of carbonyl (C=O) groups excluding carboxylic acids is 1. The maximum absolute atomic E-state index is 12.0. The third-order valence-corrected chi connectivity index (χ3v) is 4.67. The second-order valence-electron chi connectivity index (χ2n) is 5.48. The van der Waals surface area contributed by atoms with Crippen molar-refractivity contribution in [3.8, 4) is 0 Å². The molecule has 23 heavy (non-hydrogen) atoms. The van der Waals surface area contributed by atoms with Crippen molar-refractivity contribution in [2.75, 3.05) is 5.75 Å². The molecule has 0 fully saturated rings. The van der Waals surface area contributed by atoms with Gasteiger partial charge in [-0.1, -0.05) is 30.8 Å². The van der Waals surface area contributed by atoms with Crippen LogP contribution in [0, 0.1) is 6.92 Å². The fourth-order valence-corrected chi connectivity index (χ4v) is 3.12. The molecule has 6 nitrogen and oxygen atoms in total. The summed E-state index contributed by atoms with van der Waals surface area (Å²) in [5, 5.41) is 12.1. The zero-order valence-electron chi connectivity index (χ0n) is 13.4. The zero-order valence-corrected chi connectivity index (χ0v) is 14.2. The van der Waals surface area contributed by atoms with Crippen LogP contribution in [0.15, 0.2) is 29.3 Å². The van der Waals surface area contributed by atoms with Crippen LogP contribution in [-0.4, -0.2) is 37.3 Å². The average molecular weight is 329 g/mol. The lowest BCUT2D eigenvalue weighted by Gasteiger charge is -2.11. The van der Waals surface area contributed by atoms with Gasteiger partial charge in [0, 0.05) is 6.04 Å². The first-order chi connectivity index (χ1) is 11.1. The Morgan fingerprint density at radius 3 is 2.91 bits per heavy atom. The molecule has 0 bridgehead atoms. The van der Waals surface area contributed by atoms with Crippen LogP contribution in [0.3, 0.4) is 0 Å². The molecule has 1 N–H and O–H groups in total. The highest BCUT2D eigenvalue weighted by Crippen LogP contribution is 2.25. The monoisotopic (exact) mass is 329 g/mol. The quantitative estimate of drug-likeness (QED) is 0.729. The number of aryl methyl sites for hydroxylation is 1. The molecule has 0 saturated carbocycles. The Balaban J connectivity index is 1.92. The van der Waals surface area contributed by atoms with Crippen molar-refractivity contribution in [2.24, 2.45) is 0 Å². The van der Waals surface area contributed by atoms with Gasteiger partial charge in [-0.2, -0.15) is 0 Å². The molecule has 0 radical (unpaired) electrons. The molecule has 1 aromatic carbocycles. The van der Waals surface area contributed by atoms with Gasteiger partial charge in [0.1, 0.15) is 10.9 Å². The summed E-state index contributed by atoms with van der Waals surface area (Å²) >= 11 is 1.39. The highest BCUT2D eigenvalue weighted by Gasteiger charge is 2.15. The van der Waals surface area contributed by atoms with Crippen LogP contribution < -0.4 is 5.32 Å². The highest BCUT2D eigenvalue weighted by molar-refractivity contribution is 8.00. The first-order valence-corrected chi connectivity index (χ1v) is 8.61. The zero-order chi connectivity index (χ0) is 16.4. The first kappa shape index (κ1) is 15.7. The molecule has 0 spiro atoms. The second kappa shape index (κ2) is 6.54. The maximum atomic E-state index is 12.0. The minimum atomic E-state index is 0.00805. The number of fused-ring (bicyclic) bond motifs is 3. The van der Waals surface area contributed by atoms with Gasteiger partial charge in [0.25, 0.3) is 0 Å². The van der Waals surface area contributed by atoms with Gasteiger partial charge < -0.3 is 5.32 Å². The number of hydrogen-bond acceptors (Lipinski definition) is 5. The fourth-order valence-electron chi connectivity index (χ4n) is 2.35. The van der Waals surface area contributed by atoms with Crippen LogP contribution >= 0.6 is 11.8 Å². The van der Waals surface area contributed by atoms with Crippen molar-refractivity contribution in [2.45, 2.75) is 38.3 Å². The van der Waals surface area contributed by atoms with Gasteiger partial charge in [-0.25, -0.2) is 4.98 Å². The highest BCUT2D eigenvalue weighted by atomic mass is 32.2. The molecule has 0 unspecified atom stereocenters. The van der Waals surface area contributed by atoms with Gasteiger partial charge in [-0.05, 0) is 32.4 Å². The molecule has 0 aliphatic heterocycles. The Labute approximate surface area is 138 Å². The molecule has 2 aromatic heterocycles. The number of nitrogens with one attached hydrogen (secondary N) is 1. The van der Waals surface area contributed by atoms with Crippen LogP contribution in [-0.2, 0) is 4.79 Å². The van der Waals surface area contributed by atoms with E-state index in [1.165, 1.54) is 11.8 Å². The van der Waals surface area contributed by atoms with Gasteiger partial charge in [0.2, 0.25) is 5.91 Å². The predicted molar refractivity (Wildman–Crippen MR) is 91.6 cm³/mol. The number of benzene rings is 1. The van der Waals surface area contributed by atoms with Gasteiger partial charge in [0.15, 0.2) is 5.65 Å². The summed E-state index contributed by atoms with van der Waals surface area (Å²) in [7, 11) is 0. The van der Waals surface area contributed by atoms with Crippen molar-refractivity contribution < 1.29 is 4.79 Å². The smallest absolute Gasteiger partial charge is 0.230 e. The molecule has 1 atom stereocenters. The second-order valence-corrected chi connectivity index (χ2v) is 6.44. The van der Waals surface area contributed by atoms with E-state index in [0.717, 1.165) is 28.3 Å². The number of hydrogen-bond donors (Lipinski definition) is 1. The number of nitrogens with zero attached hydrogens (tertiary/aromatic N) is 4. The van der Waals surface area contributed by atoms with Crippen LogP contribution in [0.5, 0.6) is 0 Å². The minimum absolute atomic E-state index is 0.00805. The van der Waals surface area contributed by atoms with Crippen LogP contribution in [0.4, 0.5) is 0 Å². The van der Waals surface area contributed by atoms with E-state index in [-0.39, 0.29) is 11.9 Å². The normalized spacial score (nSPS) is 12.7. The van der Waals surface area contributed by atoms with E-state index in [2.05, 4.69) is 20.5 Å². The van der Waals surface area contributed by atoms with Crippen molar-refractivity contribution in [3.05, 3.63) is 30.1 Å². The molecule has 7 heteroatoms. The number of aromatic nitrogens is 4. The Bertz CT molecular complexity index is 860. The van der Waals surface area contributed by atoms with Crippen LogP contribution in [0.2, 0.25) is 0 Å². The summed E-state index contributed by atoms with van der Waals surface area (Å²) in [5.74, 6) is 1.13. The first-order valence-electron chi connectivity index (χ1n) is 7.62. The van der Waals surface area contributed by atoms with Gasteiger partial charge in [-0.15, -0.1) is 10.2 Å². The van der Waals surface area contributed by atoms with E-state index < -0.39 is 0 Å². The number of carbonyl (C=O) groups is 1. The molecule has 2 heterocycles.